The number of piperidine rings is 2. The summed E-state index contributed by atoms with van der Waals surface area (Å²) < 4.78 is 61.2. The molecule has 1 N–H and O–H groups in total. The molecule has 0 aliphatic carbocycles. The van der Waals surface area contributed by atoms with Crippen LogP contribution in [0.5, 0.6) is 5.75 Å². The summed E-state index contributed by atoms with van der Waals surface area (Å²) in [5, 5.41) is 2.73. The molecule has 11 heteroatoms. The summed E-state index contributed by atoms with van der Waals surface area (Å²) in [7, 11) is -6.07. The van der Waals surface area contributed by atoms with Crippen LogP contribution in [0.25, 0.3) is 0 Å². The summed E-state index contributed by atoms with van der Waals surface area (Å²) >= 11 is 0. The quantitative estimate of drug-likeness (QED) is 0.560. The first-order chi connectivity index (χ1) is 17.5. The number of nitrogens with one attached hydrogen (secondary N) is 1. The summed E-state index contributed by atoms with van der Waals surface area (Å²) in [4.78, 5) is 13.1. The fourth-order valence-electron chi connectivity index (χ4n) is 5.00. The smallest absolute Gasteiger partial charge is 0.255 e. The first-order valence-electron chi connectivity index (χ1n) is 12.7. The van der Waals surface area contributed by atoms with Gasteiger partial charge in [0.1, 0.15) is 10.6 Å². The standard InChI is InChI=1S/C26H35N3O6S2/c1-19-7-6-15-28(18-19)36(31,32)23-12-10-22(11-13-23)27-26(30)21-9-14-24(35-3)25(17-21)37(33,34)29-16-5-4-8-20(29)2/h9-14,17,19-20H,4-8,15-16,18H2,1-3H3,(H,27,30)/t19-,20-/m0/s1. The van der Waals surface area contributed by atoms with E-state index in [-0.39, 0.29) is 27.1 Å². The summed E-state index contributed by atoms with van der Waals surface area (Å²) in [6, 6.07) is 10.2. The Morgan fingerprint density at radius 3 is 2.30 bits per heavy atom. The van der Waals surface area contributed by atoms with Gasteiger partial charge in [-0.25, -0.2) is 16.8 Å². The van der Waals surface area contributed by atoms with E-state index in [1.54, 1.807) is 0 Å². The Morgan fingerprint density at radius 1 is 0.919 bits per heavy atom. The van der Waals surface area contributed by atoms with E-state index in [2.05, 4.69) is 5.32 Å². The third kappa shape index (κ3) is 5.84. The number of amides is 1. The fourth-order valence-corrected chi connectivity index (χ4v) is 8.48. The van der Waals surface area contributed by atoms with E-state index in [4.69, 9.17) is 4.74 Å². The van der Waals surface area contributed by atoms with Crippen LogP contribution in [0.1, 0.15) is 56.3 Å². The molecule has 2 aromatic carbocycles. The molecule has 2 aliphatic rings. The second-order valence-corrected chi connectivity index (χ2v) is 13.7. The van der Waals surface area contributed by atoms with Crippen LogP contribution in [-0.2, 0) is 20.0 Å². The zero-order valence-electron chi connectivity index (χ0n) is 21.5. The highest BCUT2D eigenvalue weighted by atomic mass is 32.2. The maximum atomic E-state index is 13.4. The molecule has 0 aromatic heterocycles. The van der Waals surface area contributed by atoms with Crippen LogP contribution in [-0.4, -0.2) is 64.1 Å². The molecule has 202 valence electrons. The number of hydrogen-bond acceptors (Lipinski definition) is 6. The Morgan fingerprint density at radius 2 is 1.65 bits per heavy atom. The molecular weight excluding hydrogens is 514 g/mol. The lowest BCUT2D eigenvalue weighted by Gasteiger charge is -2.32. The highest BCUT2D eigenvalue weighted by molar-refractivity contribution is 7.89. The van der Waals surface area contributed by atoms with Crippen molar-refractivity contribution in [1.29, 1.82) is 0 Å². The van der Waals surface area contributed by atoms with Gasteiger partial charge in [0.05, 0.1) is 12.0 Å². The van der Waals surface area contributed by atoms with Crippen molar-refractivity contribution in [3.8, 4) is 5.75 Å². The minimum Gasteiger partial charge on any atom is -0.495 e. The van der Waals surface area contributed by atoms with E-state index >= 15 is 0 Å². The van der Waals surface area contributed by atoms with Crippen LogP contribution in [0, 0.1) is 5.92 Å². The van der Waals surface area contributed by atoms with Gasteiger partial charge in [-0.1, -0.05) is 13.3 Å². The van der Waals surface area contributed by atoms with Crippen molar-refractivity contribution in [1.82, 2.24) is 8.61 Å². The number of hydrogen-bond donors (Lipinski definition) is 1. The molecule has 0 unspecified atom stereocenters. The second kappa shape index (κ2) is 11.1. The lowest BCUT2D eigenvalue weighted by molar-refractivity contribution is 0.102. The third-order valence-electron chi connectivity index (χ3n) is 7.12. The van der Waals surface area contributed by atoms with Crippen molar-refractivity contribution in [3.05, 3.63) is 48.0 Å². The van der Waals surface area contributed by atoms with Crippen LogP contribution < -0.4 is 10.1 Å². The average Bonchev–Trinajstić information content (AvgIpc) is 2.88. The lowest BCUT2D eigenvalue weighted by atomic mass is 10.0. The number of methoxy groups -OCH3 is 1. The Kier molecular flexibility index (Phi) is 8.27. The van der Waals surface area contributed by atoms with Gasteiger partial charge >= 0.3 is 0 Å². The largest absolute Gasteiger partial charge is 0.495 e. The highest BCUT2D eigenvalue weighted by Crippen LogP contribution is 2.32. The predicted molar refractivity (Wildman–Crippen MR) is 142 cm³/mol. The second-order valence-electron chi connectivity index (χ2n) is 9.92. The summed E-state index contributed by atoms with van der Waals surface area (Å²) in [6.07, 6.45) is 4.40. The van der Waals surface area contributed by atoms with Crippen molar-refractivity contribution in [3.63, 3.8) is 0 Å². The van der Waals surface area contributed by atoms with Crippen molar-refractivity contribution < 1.29 is 26.4 Å². The van der Waals surface area contributed by atoms with Gasteiger partial charge in [-0.2, -0.15) is 8.61 Å². The van der Waals surface area contributed by atoms with Crippen LogP contribution in [0.4, 0.5) is 5.69 Å². The van der Waals surface area contributed by atoms with E-state index in [0.717, 1.165) is 32.1 Å². The number of sulfonamides is 2. The topological polar surface area (TPSA) is 113 Å². The molecule has 1 amide bonds. The molecule has 2 heterocycles. The van der Waals surface area contributed by atoms with Gasteiger partial charge in [0.15, 0.2) is 0 Å². The number of carbonyl (C=O) groups excluding carboxylic acids is 1. The zero-order valence-corrected chi connectivity index (χ0v) is 23.1. The lowest BCUT2D eigenvalue weighted by Crippen LogP contribution is -2.42. The summed E-state index contributed by atoms with van der Waals surface area (Å²) in [6.45, 7) is 5.36. The average molecular weight is 550 g/mol. The fraction of sp³-hybridized carbons (Fsp3) is 0.500. The normalized spacial score (nSPS) is 21.9. The molecule has 2 saturated heterocycles. The number of nitrogens with zero attached hydrogens (tertiary/aromatic N) is 2. The molecule has 2 fully saturated rings. The minimum absolute atomic E-state index is 0.0476. The molecule has 0 saturated carbocycles. The molecule has 0 radical (unpaired) electrons. The van der Waals surface area contributed by atoms with E-state index in [1.807, 2.05) is 13.8 Å². The van der Waals surface area contributed by atoms with E-state index in [0.29, 0.717) is 31.2 Å². The molecule has 0 spiro atoms. The first kappa shape index (κ1) is 27.6. The van der Waals surface area contributed by atoms with Crippen molar-refractivity contribution in [2.75, 3.05) is 32.1 Å². The third-order valence-corrected chi connectivity index (χ3v) is 11.0. The summed E-state index contributed by atoms with van der Waals surface area (Å²) in [5.74, 6) is -0.0133. The SMILES string of the molecule is COc1ccc(C(=O)Nc2ccc(S(=O)(=O)N3CCC[C@H](C)C3)cc2)cc1S(=O)(=O)N1CCCC[C@@H]1C. The van der Waals surface area contributed by atoms with Crippen molar-refractivity contribution >= 4 is 31.6 Å². The maximum absolute atomic E-state index is 13.4. The van der Waals surface area contributed by atoms with Crippen LogP contribution in [0.15, 0.2) is 52.3 Å². The monoisotopic (exact) mass is 549 g/mol. The number of benzene rings is 2. The molecule has 4 rings (SSSR count). The Bertz CT molecular complexity index is 1340. The highest BCUT2D eigenvalue weighted by Gasteiger charge is 2.34. The Balaban J connectivity index is 1.53. The van der Waals surface area contributed by atoms with Crippen LogP contribution >= 0.6 is 0 Å². The minimum atomic E-state index is -3.86. The molecule has 2 aromatic rings. The van der Waals surface area contributed by atoms with Crippen LogP contribution in [0.2, 0.25) is 0 Å². The van der Waals surface area contributed by atoms with Gasteiger partial charge in [-0.15, -0.1) is 0 Å². The number of anilines is 1. The van der Waals surface area contributed by atoms with Gasteiger partial charge < -0.3 is 10.1 Å². The van der Waals surface area contributed by atoms with Crippen molar-refractivity contribution in [2.45, 2.75) is 61.8 Å². The van der Waals surface area contributed by atoms with E-state index in [1.165, 1.54) is 58.2 Å². The Labute approximate surface area is 219 Å². The van der Waals surface area contributed by atoms with Gasteiger partial charge in [0.25, 0.3) is 5.91 Å². The Hall–Kier alpha value is -2.47. The molecule has 37 heavy (non-hydrogen) atoms. The van der Waals surface area contributed by atoms with Gasteiger partial charge in [0.2, 0.25) is 20.0 Å². The molecule has 0 bridgehead atoms. The molecule has 2 aliphatic heterocycles. The van der Waals surface area contributed by atoms with Crippen LogP contribution in [0.3, 0.4) is 0 Å². The predicted octanol–water partition coefficient (Wildman–Crippen LogP) is 3.93. The molecule has 2 atom stereocenters. The van der Waals surface area contributed by atoms with E-state index < -0.39 is 26.0 Å². The summed E-state index contributed by atoms with van der Waals surface area (Å²) in [5.41, 5.74) is 0.559. The maximum Gasteiger partial charge on any atom is 0.255 e. The van der Waals surface area contributed by atoms with E-state index in [9.17, 15) is 21.6 Å². The zero-order chi connectivity index (χ0) is 26.8. The van der Waals surface area contributed by atoms with Crippen molar-refractivity contribution in [2.24, 2.45) is 5.92 Å². The number of ether oxygens (including phenoxy) is 1. The van der Waals surface area contributed by atoms with Gasteiger partial charge in [-0.3, -0.25) is 4.79 Å². The molecular formula is C26H35N3O6S2. The number of rotatable bonds is 7. The van der Waals surface area contributed by atoms with Gasteiger partial charge in [0, 0.05) is 36.9 Å². The van der Waals surface area contributed by atoms with Gasteiger partial charge in [-0.05, 0) is 81.0 Å². The number of carbonyl (C=O) groups is 1. The molecule has 9 nitrogen and oxygen atoms in total. The first-order valence-corrected chi connectivity index (χ1v) is 15.5.